The zero-order chi connectivity index (χ0) is 31.8. The van der Waals surface area contributed by atoms with E-state index < -0.39 is 83.5 Å². The summed E-state index contributed by atoms with van der Waals surface area (Å²) in [7, 11) is -3.42. The number of carbonyl (C=O) groups excluding carboxylic acids is 3. The van der Waals surface area contributed by atoms with E-state index in [1.807, 2.05) is 0 Å². The summed E-state index contributed by atoms with van der Waals surface area (Å²) in [4.78, 5) is 73.4. The summed E-state index contributed by atoms with van der Waals surface area (Å²) >= 11 is 0. The fraction of sp³-hybridized carbons (Fsp3) is 0.481. The predicted molar refractivity (Wildman–Crippen MR) is 147 cm³/mol. The van der Waals surface area contributed by atoms with E-state index in [4.69, 9.17) is 9.47 Å². The maximum absolute atomic E-state index is 14.1. The summed E-state index contributed by atoms with van der Waals surface area (Å²) < 4.78 is 51.0. The first-order chi connectivity index (χ1) is 19.3. The number of ether oxygens (including phenoxy) is 2. The molecule has 1 aromatic heterocycles. The van der Waals surface area contributed by atoms with Gasteiger partial charge in [0.05, 0.1) is 24.7 Å². The molecule has 2 heterocycles. The number of aromatic nitrogens is 1. The Labute approximate surface area is 240 Å². The van der Waals surface area contributed by atoms with Gasteiger partial charge in [0, 0.05) is 37.5 Å². The second-order valence-electron chi connectivity index (χ2n) is 11.5. The molecule has 2 amide bonds. The highest BCUT2D eigenvalue weighted by atomic mass is 31.2. The van der Waals surface area contributed by atoms with Crippen LogP contribution in [0.4, 0.5) is 13.6 Å². The Balaban J connectivity index is 2.06. The Morgan fingerprint density at radius 3 is 2.40 bits per heavy atom. The molecule has 1 aliphatic rings. The van der Waals surface area contributed by atoms with Gasteiger partial charge in [-0.3, -0.25) is 18.9 Å². The van der Waals surface area contributed by atoms with Crippen molar-refractivity contribution in [2.45, 2.75) is 59.4 Å². The molecule has 15 heteroatoms. The number of pyridine rings is 1. The second kappa shape index (κ2) is 11.9. The van der Waals surface area contributed by atoms with Crippen molar-refractivity contribution in [1.82, 2.24) is 14.8 Å². The molecule has 1 atom stereocenters. The molecular weight excluding hydrogens is 579 g/mol. The molecule has 0 aliphatic carbocycles. The van der Waals surface area contributed by atoms with Crippen LogP contribution in [0.15, 0.2) is 29.2 Å². The fourth-order valence-electron chi connectivity index (χ4n) is 4.60. The third-order valence-electron chi connectivity index (χ3n) is 6.78. The minimum atomic E-state index is -4.57. The smallest absolute Gasteiger partial charge is 0.410 e. The summed E-state index contributed by atoms with van der Waals surface area (Å²) in [6.45, 7) is 6.84. The van der Waals surface area contributed by atoms with Crippen LogP contribution in [0.3, 0.4) is 0 Å². The standard InChI is InChI=1S/C27H34F2N3O9P/c1-26(2,3)41-25(36)32(9-10-42(37,38)39)19-14-31-13-17(21(33)22(40-6)20(31)23(34)27(19,4)5)24(35)30-12-15-7-8-16(28)11-18(15)29/h7-8,11,13,19H,9-10,12,14H2,1-6H3,(H,30,35)(H2,37,38,39). The van der Waals surface area contributed by atoms with Crippen LogP contribution in [0.5, 0.6) is 5.75 Å². The highest BCUT2D eigenvalue weighted by Crippen LogP contribution is 2.40. The van der Waals surface area contributed by atoms with E-state index >= 15 is 0 Å². The molecule has 1 unspecified atom stereocenters. The lowest BCUT2D eigenvalue weighted by molar-refractivity contribution is -0.00262. The number of fused-ring (bicyclic) bond motifs is 1. The second-order valence-corrected chi connectivity index (χ2v) is 13.2. The van der Waals surface area contributed by atoms with Gasteiger partial charge in [0.2, 0.25) is 5.43 Å². The van der Waals surface area contributed by atoms with Crippen molar-refractivity contribution >= 4 is 25.4 Å². The maximum Gasteiger partial charge on any atom is 0.410 e. The van der Waals surface area contributed by atoms with Gasteiger partial charge in [-0.15, -0.1) is 0 Å². The molecule has 42 heavy (non-hydrogen) atoms. The third kappa shape index (κ3) is 7.23. The van der Waals surface area contributed by atoms with Crippen LogP contribution in [-0.4, -0.2) is 68.5 Å². The number of methoxy groups -OCH3 is 1. The van der Waals surface area contributed by atoms with Crippen LogP contribution in [0.2, 0.25) is 0 Å². The van der Waals surface area contributed by atoms with Gasteiger partial charge in [-0.2, -0.15) is 0 Å². The Morgan fingerprint density at radius 1 is 1.21 bits per heavy atom. The fourth-order valence-corrected chi connectivity index (χ4v) is 5.07. The number of carbonyl (C=O) groups is 3. The van der Waals surface area contributed by atoms with Crippen LogP contribution in [-0.2, 0) is 22.4 Å². The van der Waals surface area contributed by atoms with Gasteiger partial charge >= 0.3 is 13.7 Å². The van der Waals surface area contributed by atoms with Crippen LogP contribution in [0.25, 0.3) is 0 Å². The lowest BCUT2D eigenvalue weighted by Gasteiger charge is -2.45. The Hall–Kier alpha value is -3.61. The van der Waals surface area contributed by atoms with E-state index in [0.29, 0.717) is 6.07 Å². The number of hydrogen-bond donors (Lipinski definition) is 3. The van der Waals surface area contributed by atoms with Gasteiger partial charge in [-0.1, -0.05) is 19.9 Å². The number of amides is 2. The molecule has 0 spiro atoms. The van der Waals surface area contributed by atoms with Gasteiger partial charge in [0.15, 0.2) is 11.5 Å². The Kier molecular flexibility index (Phi) is 9.35. The number of nitrogens with one attached hydrogen (secondary N) is 1. The molecule has 0 saturated carbocycles. The van der Waals surface area contributed by atoms with Gasteiger partial charge in [-0.25, -0.2) is 13.6 Å². The lowest BCUT2D eigenvalue weighted by Crippen LogP contribution is -2.58. The highest BCUT2D eigenvalue weighted by molar-refractivity contribution is 7.51. The monoisotopic (exact) mass is 613 g/mol. The number of nitrogens with zero attached hydrogens (tertiary/aromatic N) is 2. The lowest BCUT2D eigenvalue weighted by atomic mass is 9.75. The predicted octanol–water partition coefficient (Wildman–Crippen LogP) is 3.07. The van der Waals surface area contributed by atoms with Gasteiger partial charge in [0.1, 0.15) is 28.5 Å². The normalized spacial score (nSPS) is 16.4. The van der Waals surface area contributed by atoms with Crippen LogP contribution < -0.4 is 15.5 Å². The summed E-state index contributed by atoms with van der Waals surface area (Å²) in [5.41, 5.74) is -3.93. The summed E-state index contributed by atoms with van der Waals surface area (Å²) in [5, 5.41) is 2.39. The van der Waals surface area contributed by atoms with Crippen molar-refractivity contribution in [3.63, 3.8) is 0 Å². The van der Waals surface area contributed by atoms with Crippen molar-refractivity contribution < 1.29 is 47.0 Å². The molecule has 1 aliphatic heterocycles. The molecule has 0 fully saturated rings. The number of hydrogen-bond acceptors (Lipinski definition) is 7. The van der Waals surface area contributed by atoms with Crippen molar-refractivity contribution in [2.24, 2.45) is 5.41 Å². The van der Waals surface area contributed by atoms with Crippen molar-refractivity contribution in [3.05, 3.63) is 63.1 Å². The van der Waals surface area contributed by atoms with Crippen LogP contribution >= 0.6 is 7.60 Å². The first kappa shape index (κ1) is 32.9. The van der Waals surface area contributed by atoms with Crippen molar-refractivity contribution in [3.8, 4) is 5.75 Å². The molecule has 1 aromatic carbocycles. The molecular formula is C27H34F2N3O9P. The van der Waals surface area contributed by atoms with Crippen molar-refractivity contribution in [1.29, 1.82) is 0 Å². The molecule has 3 N–H and O–H groups in total. The summed E-state index contributed by atoms with van der Waals surface area (Å²) in [6.07, 6.45) is -0.522. The van der Waals surface area contributed by atoms with E-state index in [-0.39, 0.29) is 24.3 Å². The number of halogens is 2. The van der Waals surface area contributed by atoms with Crippen LogP contribution in [0.1, 0.15) is 61.0 Å². The van der Waals surface area contributed by atoms with Gasteiger partial charge < -0.3 is 34.0 Å². The minimum Gasteiger partial charge on any atom is -0.491 e. The summed E-state index contributed by atoms with van der Waals surface area (Å²) in [6, 6.07) is 1.77. The maximum atomic E-state index is 14.1. The zero-order valence-corrected chi connectivity index (χ0v) is 25.0. The first-order valence-electron chi connectivity index (χ1n) is 12.9. The van der Waals surface area contributed by atoms with E-state index in [2.05, 4.69) is 5.32 Å². The number of Topliss-reactive ketones (excluding diaryl/α,β-unsaturated/α-hetero) is 1. The molecule has 0 radical (unpaired) electrons. The average molecular weight is 614 g/mol. The number of benzene rings is 1. The first-order valence-corrected chi connectivity index (χ1v) is 14.7. The molecule has 0 saturated heterocycles. The Morgan fingerprint density at radius 2 is 1.86 bits per heavy atom. The minimum absolute atomic E-state index is 0.0372. The molecule has 2 aromatic rings. The molecule has 230 valence electrons. The largest absolute Gasteiger partial charge is 0.491 e. The van der Waals surface area contributed by atoms with E-state index in [1.54, 1.807) is 20.8 Å². The van der Waals surface area contributed by atoms with Crippen LogP contribution in [0, 0.1) is 17.0 Å². The molecule has 0 bridgehead atoms. The van der Waals surface area contributed by atoms with E-state index in [1.165, 1.54) is 18.4 Å². The quantitative estimate of drug-likeness (QED) is 0.380. The SMILES string of the molecule is COc1c2n(cc(C(=O)NCc3ccc(F)cc3F)c1=O)CC(N(CCP(=O)(O)O)C(=O)OC(C)(C)C)C(C)(C)C2=O. The zero-order valence-electron chi connectivity index (χ0n) is 24.1. The van der Waals surface area contributed by atoms with E-state index in [9.17, 15) is 42.3 Å². The number of rotatable bonds is 8. The number of ketones is 1. The molecule has 12 nitrogen and oxygen atoms in total. The summed E-state index contributed by atoms with van der Waals surface area (Å²) in [5.74, 6) is -3.69. The van der Waals surface area contributed by atoms with Gasteiger partial charge in [0.25, 0.3) is 5.91 Å². The van der Waals surface area contributed by atoms with Gasteiger partial charge in [-0.05, 0) is 26.8 Å². The topological polar surface area (TPSA) is 164 Å². The average Bonchev–Trinajstić information content (AvgIpc) is 2.84. The van der Waals surface area contributed by atoms with E-state index in [0.717, 1.165) is 30.3 Å². The third-order valence-corrected chi connectivity index (χ3v) is 7.56. The van der Waals surface area contributed by atoms with Crippen molar-refractivity contribution in [2.75, 3.05) is 19.8 Å². The Bertz CT molecular complexity index is 1510. The highest BCUT2D eigenvalue weighted by Gasteiger charge is 2.49. The molecule has 3 rings (SSSR count).